The molecule has 1 aromatic heterocycles. The molecule has 0 saturated heterocycles. The Morgan fingerprint density at radius 1 is 1.13 bits per heavy atom. The van der Waals surface area contributed by atoms with Gasteiger partial charge in [0, 0.05) is 6.04 Å². The predicted octanol–water partition coefficient (Wildman–Crippen LogP) is 0.712. The van der Waals surface area contributed by atoms with Crippen molar-refractivity contribution in [1.29, 1.82) is 0 Å². The van der Waals surface area contributed by atoms with Crippen LogP contribution in [0.5, 0.6) is 0 Å². The first-order chi connectivity index (χ1) is 11.0. The smallest absolute Gasteiger partial charge is 0.326 e. The zero-order chi connectivity index (χ0) is 16.4. The Hall–Kier alpha value is -2.83. The maximum atomic E-state index is 12.3. The van der Waals surface area contributed by atoms with E-state index in [9.17, 15) is 14.4 Å². The van der Waals surface area contributed by atoms with Crippen LogP contribution in [0.3, 0.4) is 0 Å². The van der Waals surface area contributed by atoms with Crippen LogP contribution in [0.4, 0.5) is 5.69 Å². The second-order valence-corrected chi connectivity index (χ2v) is 5.79. The van der Waals surface area contributed by atoms with Gasteiger partial charge in [0.1, 0.15) is 11.4 Å². The molecule has 0 aliphatic heterocycles. The second kappa shape index (κ2) is 6.12. The number of carbonyl (C=O) groups excluding carboxylic acids is 1. The molecule has 1 heterocycles. The van der Waals surface area contributed by atoms with Crippen LogP contribution in [0.1, 0.15) is 41.2 Å². The first kappa shape index (κ1) is 15.1. The molecule has 7 nitrogen and oxygen atoms in total. The Labute approximate surface area is 131 Å². The van der Waals surface area contributed by atoms with Crippen molar-refractivity contribution >= 4 is 11.6 Å². The van der Waals surface area contributed by atoms with Crippen molar-refractivity contribution in [2.24, 2.45) is 0 Å². The summed E-state index contributed by atoms with van der Waals surface area (Å²) >= 11 is 0. The lowest BCUT2D eigenvalue weighted by atomic mass is 9.98. The molecule has 0 unspecified atom stereocenters. The number of carbonyl (C=O) groups is 1. The Bertz CT molecular complexity index is 825. The summed E-state index contributed by atoms with van der Waals surface area (Å²) in [5.41, 5.74) is 4.87. The molecule has 120 valence electrons. The summed E-state index contributed by atoms with van der Waals surface area (Å²) < 4.78 is 0. The van der Waals surface area contributed by atoms with Crippen molar-refractivity contribution < 1.29 is 4.79 Å². The highest BCUT2D eigenvalue weighted by Gasteiger charge is 2.28. The number of rotatable bonds is 3. The van der Waals surface area contributed by atoms with Crippen LogP contribution in [-0.2, 0) is 0 Å². The number of hydrogen-bond donors (Lipinski definition) is 4. The number of amides is 1. The van der Waals surface area contributed by atoms with Gasteiger partial charge in [0.25, 0.3) is 11.5 Å². The molecule has 5 N–H and O–H groups in total. The van der Waals surface area contributed by atoms with Gasteiger partial charge in [-0.3, -0.25) is 14.6 Å². The molecule has 23 heavy (non-hydrogen) atoms. The third-order valence-electron chi connectivity index (χ3n) is 4.25. The van der Waals surface area contributed by atoms with E-state index in [-0.39, 0.29) is 17.4 Å². The van der Waals surface area contributed by atoms with Crippen molar-refractivity contribution in [2.45, 2.75) is 31.2 Å². The first-order valence-electron chi connectivity index (χ1n) is 7.52. The molecule has 1 aromatic carbocycles. The molecule has 0 radical (unpaired) electrons. The zero-order valence-corrected chi connectivity index (χ0v) is 12.5. The maximum absolute atomic E-state index is 12.3. The Morgan fingerprint density at radius 3 is 2.61 bits per heavy atom. The fraction of sp³-hybridized carbons (Fsp3) is 0.312. The van der Waals surface area contributed by atoms with Gasteiger partial charge in [-0.25, -0.2) is 4.79 Å². The zero-order valence-electron chi connectivity index (χ0n) is 12.5. The monoisotopic (exact) mass is 314 g/mol. The number of hydrogen-bond acceptors (Lipinski definition) is 4. The van der Waals surface area contributed by atoms with Gasteiger partial charge < -0.3 is 16.0 Å². The molecular formula is C16H18N4O3. The summed E-state index contributed by atoms with van der Waals surface area (Å²) in [5, 5.41) is 2.85. The van der Waals surface area contributed by atoms with Gasteiger partial charge >= 0.3 is 5.69 Å². The lowest BCUT2D eigenvalue weighted by Crippen LogP contribution is -2.37. The largest absolute Gasteiger partial charge is 0.392 e. The van der Waals surface area contributed by atoms with E-state index < -0.39 is 17.2 Å². The van der Waals surface area contributed by atoms with E-state index in [1.54, 1.807) is 0 Å². The molecule has 7 heteroatoms. The van der Waals surface area contributed by atoms with Crippen molar-refractivity contribution in [3.63, 3.8) is 0 Å². The fourth-order valence-electron chi connectivity index (χ4n) is 3.07. The van der Waals surface area contributed by atoms with Crippen LogP contribution in [0, 0.1) is 0 Å². The van der Waals surface area contributed by atoms with E-state index in [1.807, 2.05) is 23.2 Å². The van der Waals surface area contributed by atoms with Crippen LogP contribution in [0.25, 0.3) is 0 Å². The van der Waals surface area contributed by atoms with Crippen LogP contribution in [0.15, 0.2) is 39.9 Å². The first-order valence-corrected chi connectivity index (χ1v) is 7.52. The molecule has 1 saturated carbocycles. The SMILES string of the molecule is Nc1c(C(=O)N[C@H]2CC[C@H](c3ccccc3)C2)[nH]c(=O)[nH]c1=O. The number of aromatic nitrogens is 2. The van der Waals surface area contributed by atoms with E-state index in [2.05, 4.69) is 22.4 Å². The Balaban J connectivity index is 1.70. The van der Waals surface area contributed by atoms with Crippen LogP contribution >= 0.6 is 0 Å². The third-order valence-corrected chi connectivity index (χ3v) is 4.25. The van der Waals surface area contributed by atoms with E-state index in [0.717, 1.165) is 19.3 Å². The van der Waals surface area contributed by atoms with E-state index in [4.69, 9.17) is 5.73 Å². The molecule has 1 aliphatic carbocycles. The normalized spacial score (nSPS) is 20.3. The molecular weight excluding hydrogens is 296 g/mol. The molecule has 2 aromatic rings. The van der Waals surface area contributed by atoms with Gasteiger partial charge in [0.15, 0.2) is 0 Å². The topological polar surface area (TPSA) is 121 Å². The Morgan fingerprint density at radius 2 is 1.87 bits per heavy atom. The highest BCUT2D eigenvalue weighted by atomic mass is 16.2. The van der Waals surface area contributed by atoms with Gasteiger partial charge in [-0.15, -0.1) is 0 Å². The minimum atomic E-state index is -0.757. The second-order valence-electron chi connectivity index (χ2n) is 5.79. The summed E-state index contributed by atoms with van der Waals surface area (Å²) in [6.07, 6.45) is 2.65. The van der Waals surface area contributed by atoms with Crippen LogP contribution < -0.4 is 22.3 Å². The molecule has 0 spiro atoms. The van der Waals surface area contributed by atoms with Crippen LogP contribution in [-0.4, -0.2) is 21.9 Å². The number of nitrogen functional groups attached to an aromatic ring is 1. The molecule has 1 fully saturated rings. The van der Waals surface area contributed by atoms with Gasteiger partial charge in [-0.1, -0.05) is 30.3 Å². The molecule has 1 amide bonds. The van der Waals surface area contributed by atoms with Crippen molar-refractivity contribution in [3.05, 3.63) is 62.4 Å². The van der Waals surface area contributed by atoms with Crippen LogP contribution in [0.2, 0.25) is 0 Å². The van der Waals surface area contributed by atoms with Gasteiger partial charge in [0.05, 0.1) is 0 Å². The summed E-state index contributed by atoms with van der Waals surface area (Å²) in [5.74, 6) is -0.124. The number of H-pyrrole nitrogens is 2. The minimum absolute atomic E-state index is 0.00473. The molecule has 0 bridgehead atoms. The molecule has 3 rings (SSSR count). The van der Waals surface area contributed by atoms with E-state index >= 15 is 0 Å². The van der Waals surface area contributed by atoms with Crippen molar-refractivity contribution in [1.82, 2.24) is 15.3 Å². The summed E-state index contributed by atoms with van der Waals surface area (Å²) in [6, 6.07) is 10.1. The summed E-state index contributed by atoms with van der Waals surface area (Å²) in [4.78, 5) is 39.3. The lowest BCUT2D eigenvalue weighted by Gasteiger charge is -2.14. The number of nitrogens with one attached hydrogen (secondary N) is 3. The van der Waals surface area contributed by atoms with Crippen molar-refractivity contribution in [2.75, 3.05) is 5.73 Å². The Kier molecular flexibility index (Phi) is 4.01. The fourth-order valence-corrected chi connectivity index (χ4v) is 3.07. The van der Waals surface area contributed by atoms with Gasteiger partial charge in [-0.05, 0) is 30.7 Å². The average molecular weight is 314 g/mol. The van der Waals surface area contributed by atoms with Crippen molar-refractivity contribution in [3.8, 4) is 0 Å². The summed E-state index contributed by atoms with van der Waals surface area (Å²) in [7, 11) is 0. The average Bonchev–Trinajstić information content (AvgIpc) is 3.00. The predicted molar refractivity (Wildman–Crippen MR) is 86.4 cm³/mol. The third kappa shape index (κ3) is 3.18. The number of aromatic amines is 2. The quantitative estimate of drug-likeness (QED) is 0.666. The summed E-state index contributed by atoms with van der Waals surface area (Å²) in [6.45, 7) is 0. The molecule has 1 aliphatic rings. The van der Waals surface area contributed by atoms with Gasteiger partial charge in [-0.2, -0.15) is 0 Å². The number of anilines is 1. The number of nitrogens with two attached hydrogens (primary N) is 1. The molecule has 2 atom stereocenters. The van der Waals surface area contributed by atoms with E-state index in [0.29, 0.717) is 5.92 Å². The standard InChI is InChI=1S/C16H18N4O3/c17-12-13(19-16(23)20-14(12)21)15(22)18-11-7-6-10(8-11)9-4-2-1-3-5-9/h1-5,10-11H,6-8,17H2,(H,18,22)(H2,19,20,21,23)/t10-,11-/m0/s1. The highest BCUT2D eigenvalue weighted by molar-refractivity contribution is 5.96. The van der Waals surface area contributed by atoms with E-state index in [1.165, 1.54) is 5.56 Å². The van der Waals surface area contributed by atoms with Gasteiger partial charge in [0.2, 0.25) is 0 Å². The minimum Gasteiger partial charge on any atom is -0.392 e. The lowest BCUT2D eigenvalue weighted by molar-refractivity contribution is 0.0933. The maximum Gasteiger partial charge on any atom is 0.326 e. The number of benzene rings is 1. The highest BCUT2D eigenvalue weighted by Crippen LogP contribution is 2.34.